The monoisotopic (exact) mass is 180 g/mol. The van der Waals surface area contributed by atoms with Gasteiger partial charge in [-0.05, 0) is 18.9 Å². The van der Waals surface area contributed by atoms with Crippen molar-refractivity contribution in [1.82, 2.24) is 0 Å². The summed E-state index contributed by atoms with van der Waals surface area (Å²) < 4.78 is 0. The van der Waals surface area contributed by atoms with Gasteiger partial charge in [-0.2, -0.15) is 0 Å². The van der Waals surface area contributed by atoms with Gasteiger partial charge < -0.3 is 11.1 Å². The van der Waals surface area contributed by atoms with Gasteiger partial charge in [-0.1, -0.05) is 26.0 Å². The van der Waals surface area contributed by atoms with Crippen molar-refractivity contribution in [3.63, 3.8) is 0 Å². The van der Waals surface area contributed by atoms with E-state index >= 15 is 0 Å². The SMILES string of the molecule is CCC=C/C=C(\C(=N)CC)C(N)=O. The molecule has 0 saturated carbocycles. The molecule has 13 heavy (non-hydrogen) atoms. The summed E-state index contributed by atoms with van der Waals surface area (Å²) in [6, 6.07) is 0. The lowest BCUT2D eigenvalue weighted by Gasteiger charge is -2.00. The lowest BCUT2D eigenvalue weighted by molar-refractivity contribution is -0.114. The number of carbonyl (C=O) groups excluding carboxylic acids is 1. The van der Waals surface area contributed by atoms with Crippen LogP contribution in [0.4, 0.5) is 0 Å². The van der Waals surface area contributed by atoms with Crippen molar-refractivity contribution in [2.24, 2.45) is 5.73 Å². The first-order chi connectivity index (χ1) is 6.13. The van der Waals surface area contributed by atoms with E-state index in [1.165, 1.54) is 0 Å². The second-order valence-electron chi connectivity index (χ2n) is 2.61. The second-order valence-corrected chi connectivity index (χ2v) is 2.61. The van der Waals surface area contributed by atoms with E-state index in [1.54, 1.807) is 12.2 Å². The molecule has 72 valence electrons. The molecule has 0 radical (unpaired) electrons. The van der Waals surface area contributed by atoms with E-state index in [0.717, 1.165) is 6.42 Å². The molecule has 0 bridgehead atoms. The molecular weight excluding hydrogens is 164 g/mol. The zero-order chi connectivity index (χ0) is 10.3. The fourth-order valence-corrected chi connectivity index (χ4v) is 0.822. The van der Waals surface area contributed by atoms with Crippen LogP contribution in [0.2, 0.25) is 0 Å². The van der Waals surface area contributed by atoms with E-state index in [2.05, 4.69) is 0 Å². The summed E-state index contributed by atoms with van der Waals surface area (Å²) in [5.74, 6) is -0.535. The molecular formula is C10H16N2O. The minimum absolute atomic E-state index is 0.285. The van der Waals surface area contributed by atoms with Crippen molar-refractivity contribution in [2.75, 3.05) is 0 Å². The Morgan fingerprint density at radius 1 is 1.46 bits per heavy atom. The Morgan fingerprint density at radius 3 is 2.46 bits per heavy atom. The first kappa shape index (κ1) is 11.6. The van der Waals surface area contributed by atoms with Gasteiger partial charge in [0.2, 0.25) is 0 Å². The summed E-state index contributed by atoms with van der Waals surface area (Å²) in [6.45, 7) is 3.82. The summed E-state index contributed by atoms with van der Waals surface area (Å²) in [5.41, 5.74) is 5.70. The maximum atomic E-state index is 10.9. The molecule has 1 amide bonds. The van der Waals surface area contributed by atoms with E-state index in [1.807, 2.05) is 19.9 Å². The predicted molar refractivity (Wildman–Crippen MR) is 54.7 cm³/mol. The fraction of sp³-hybridized carbons (Fsp3) is 0.400. The number of rotatable bonds is 5. The van der Waals surface area contributed by atoms with Crippen LogP contribution in [0, 0.1) is 5.41 Å². The lowest BCUT2D eigenvalue weighted by atomic mass is 10.1. The van der Waals surface area contributed by atoms with Crippen molar-refractivity contribution < 1.29 is 4.79 Å². The maximum Gasteiger partial charge on any atom is 0.250 e. The van der Waals surface area contributed by atoms with E-state index in [4.69, 9.17) is 11.1 Å². The summed E-state index contributed by atoms with van der Waals surface area (Å²) in [5, 5.41) is 7.46. The summed E-state index contributed by atoms with van der Waals surface area (Å²) in [7, 11) is 0. The summed E-state index contributed by atoms with van der Waals surface area (Å²) in [4.78, 5) is 10.9. The van der Waals surface area contributed by atoms with Crippen molar-refractivity contribution >= 4 is 11.6 Å². The van der Waals surface area contributed by atoms with Gasteiger partial charge in [-0.25, -0.2) is 0 Å². The molecule has 0 spiro atoms. The fourth-order valence-electron chi connectivity index (χ4n) is 0.822. The van der Waals surface area contributed by atoms with Crippen LogP contribution < -0.4 is 5.73 Å². The Balaban J connectivity index is 4.60. The van der Waals surface area contributed by atoms with Crippen molar-refractivity contribution in [2.45, 2.75) is 26.7 Å². The normalized spacial score (nSPS) is 12.0. The van der Waals surface area contributed by atoms with Crippen LogP contribution in [0.3, 0.4) is 0 Å². The van der Waals surface area contributed by atoms with Gasteiger partial charge in [-0.15, -0.1) is 0 Å². The number of hydrogen-bond donors (Lipinski definition) is 2. The quantitative estimate of drug-likeness (QED) is 0.378. The second kappa shape index (κ2) is 6.17. The first-order valence-electron chi connectivity index (χ1n) is 4.37. The number of nitrogens with two attached hydrogens (primary N) is 1. The molecule has 3 nitrogen and oxygen atoms in total. The van der Waals surface area contributed by atoms with Crippen LogP contribution in [0.15, 0.2) is 23.8 Å². The van der Waals surface area contributed by atoms with Crippen LogP contribution in [-0.4, -0.2) is 11.6 Å². The molecule has 0 rings (SSSR count). The minimum atomic E-state index is -0.535. The molecule has 0 fully saturated rings. The third-order valence-electron chi connectivity index (χ3n) is 1.58. The molecule has 0 aromatic rings. The first-order valence-corrected chi connectivity index (χ1v) is 4.37. The summed E-state index contributed by atoms with van der Waals surface area (Å²) in [6.07, 6.45) is 6.69. The molecule has 0 saturated heterocycles. The summed E-state index contributed by atoms with van der Waals surface area (Å²) >= 11 is 0. The third-order valence-corrected chi connectivity index (χ3v) is 1.58. The Labute approximate surface area is 78.8 Å². The number of hydrogen-bond acceptors (Lipinski definition) is 2. The topological polar surface area (TPSA) is 66.9 Å². The van der Waals surface area contributed by atoms with Crippen molar-refractivity contribution in [3.05, 3.63) is 23.8 Å². The maximum absolute atomic E-state index is 10.9. The van der Waals surface area contributed by atoms with Crippen molar-refractivity contribution in [3.8, 4) is 0 Å². The Bertz CT molecular complexity index is 252. The molecule has 3 heteroatoms. The Kier molecular flexibility index (Phi) is 5.52. The molecule has 0 aromatic heterocycles. The molecule has 0 aromatic carbocycles. The lowest BCUT2D eigenvalue weighted by Crippen LogP contribution is -2.19. The highest BCUT2D eigenvalue weighted by Gasteiger charge is 2.07. The van der Waals surface area contributed by atoms with Gasteiger partial charge in [0, 0.05) is 5.71 Å². The molecule has 0 unspecified atom stereocenters. The molecule has 0 atom stereocenters. The van der Waals surface area contributed by atoms with Gasteiger partial charge in [0.25, 0.3) is 5.91 Å². The Hall–Kier alpha value is -1.38. The van der Waals surface area contributed by atoms with Gasteiger partial charge in [-0.3, -0.25) is 4.79 Å². The third kappa shape index (κ3) is 4.25. The molecule has 0 heterocycles. The molecule has 0 aliphatic rings. The Morgan fingerprint density at radius 2 is 2.08 bits per heavy atom. The highest BCUT2D eigenvalue weighted by Crippen LogP contribution is 2.00. The largest absolute Gasteiger partial charge is 0.366 e. The average molecular weight is 180 g/mol. The standard InChI is InChI=1S/C10H16N2O/c1-3-5-6-7-8(10(12)13)9(11)4-2/h5-7,11H,3-4H2,1-2H3,(H2,12,13)/b6-5?,8-7+,11-9?. The highest BCUT2D eigenvalue weighted by molar-refractivity contribution is 6.19. The van der Waals surface area contributed by atoms with Gasteiger partial charge >= 0.3 is 0 Å². The molecule has 0 aliphatic heterocycles. The van der Waals surface area contributed by atoms with Crippen LogP contribution in [0.5, 0.6) is 0 Å². The molecule has 0 aliphatic carbocycles. The van der Waals surface area contributed by atoms with Crippen molar-refractivity contribution in [1.29, 1.82) is 5.41 Å². The van der Waals surface area contributed by atoms with E-state index in [0.29, 0.717) is 12.0 Å². The zero-order valence-corrected chi connectivity index (χ0v) is 8.13. The zero-order valence-electron chi connectivity index (χ0n) is 8.13. The number of amides is 1. The van der Waals surface area contributed by atoms with Crippen LogP contribution >= 0.6 is 0 Å². The number of allylic oxidation sites excluding steroid dienone is 3. The van der Waals surface area contributed by atoms with Gasteiger partial charge in [0.15, 0.2) is 0 Å². The van der Waals surface area contributed by atoms with E-state index in [9.17, 15) is 4.79 Å². The average Bonchev–Trinajstić information content (AvgIpc) is 2.11. The van der Waals surface area contributed by atoms with E-state index < -0.39 is 5.91 Å². The van der Waals surface area contributed by atoms with Crippen LogP contribution in [0.25, 0.3) is 0 Å². The number of carbonyl (C=O) groups is 1. The highest BCUT2D eigenvalue weighted by atomic mass is 16.1. The van der Waals surface area contributed by atoms with Crippen LogP contribution in [-0.2, 0) is 4.79 Å². The van der Waals surface area contributed by atoms with E-state index in [-0.39, 0.29) is 5.71 Å². The smallest absolute Gasteiger partial charge is 0.250 e. The molecule has 3 N–H and O–H groups in total. The number of nitrogens with one attached hydrogen (secondary N) is 1. The number of primary amides is 1. The predicted octanol–water partition coefficient (Wildman–Crippen LogP) is 1.79. The van der Waals surface area contributed by atoms with Crippen LogP contribution in [0.1, 0.15) is 26.7 Å². The van der Waals surface area contributed by atoms with Gasteiger partial charge in [0.05, 0.1) is 5.57 Å². The minimum Gasteiger partial charge on any atom is -0.366 e. The van der Waals surface area contributed by atoms with Gasteiger partial charge in [0.1, 0.15) is 0 Å².